The third-order valence-corrected chi connectivity index (χ3v) is 19.8. The van der Waals surface area contributed by atoms with Crippen molar-refractivity contribution in [3.05, 3.63) is 328 Å². The first kappa shape index (κ1) is 53.7. The van der Waals surface area contributed by atoms with Crippen LogP contribution < -0.4 is 0 Å². The molecule has 446 valence electrons. The summed E-state index contributed by atoms with van der Waals surface area (Å²) in [7, 11) is 0. The molecule has 0 radical (unpaired) electrons. The minimum atomic E-state index is 0.903. The number of fused-ring (bicyclic) bond motifs is 23. The molecule has 0 bridgehead atoms. The summed E-state index contributed by atoms with van der Waals surface area (Å²) in [4.78, 5) is 10.5. The quantitative estimate of drug-likeness (QED) is 0.156. The van der Waals surface area contributed by atoms with Gasteiger partial charge in [-0.15, -0.1) is 0 Å². The minimum absolute atomic E-state index is 0.903. The van der Waals surface area contributed by atoms with Gasteiger partial charge in [0.15, 0.2) is 0 Å². The number of rotatable bonds is 6. The molecule has 0 saturated carbocycles. The van der Waals surface area contributed by atoms with Crippen molar-refractivity contribution in [1.82, 2.24) is 18.8 Å². The summed E-state index contributed by atoms with van der Waals surface area (Å²) in [5.74, 6) is 0. The summed E-state index contributed by atoms with van der Waals surface area (Å²) in [5, 5.41) is 16.7. The number of hydrogen-bond acceptors (Lipinski definition) is 4. The number of benzene rings is 15. The van der Waals surface area contributed by atoms with Crippen LogP contribution in [0.5, 0.6) is 0 Å². The Balaban J connectivity index is 0.000000132. The van der Waals surface area contributed by atoms with E-state index in [1.165, 1.54) is 87.6 Å². The van der Waals surface area contributed by atoms with Crippen LogP contribution in [-0.4, -0.2) is 18.8 Å². The second kappa shape index (κ2) is 21.3. The topological polar surface area (TPSA) is 60.9 Å². The summed E-state index contributed by atoms with van der Waals surface area (Å²) in [5.41, 5.74) is 24.1. The van der Waals surface area contributed by atoms with Gasteiger partial charge < -0.3 is 8.83 Å². The lowest BCUT2D eigenvalue weighted by Crippen LogP contribution is -1.89. The van der Waals surface area contributed by atoms with Crippen LogP contribution >= 0.6 is 0 Å². The molecule has 21 rings (SSSR count). The molecule has 0 unspecified atom stereocenters. The Kier molecular flexibility index (Phi) is 11.9. The molecule has 0 fully saturated rings. The highest BCUT2D eigenvalue weighted by atomic mass is 16.3. The van der Waals surface area contributed by atoms with Gasteiger partial charge in [0, 0.05) is 55.5 Å². The van der Waals surface area contributed by atoms with Crippen LogP contribution in [0.2, 0.25) is 0 Å². The summed E-state index contributed by atoms with van der Waals surface area (Å²) in [6, 6.07) is 113. The zero-order chi connectivity index (χ0) is 63.0. The molecule has 21 aromatic rings. The Labute approximate surface area is 550 Å². The Hall–Kier alpha value is -12.9. The molecule has 0 aliphatic heterocycles. The summed E-state index contributed by atoms with van der Waals surface area (Å²) in [6.07, 6.45) is 4.34. The van der Waals surface area contributed by atoms with Crippen LogP contribution in [0.15, 0.2) is 337 Å². The highest BCUT2D eigenvalue weighted by Gasteiger charge is 2.20. The van der Waals surface area contributed by atoms with Gasteiger partial charge in [0.05, 0.1) is 22.1 Å². The molecule has 0 aliphatic rings. The lowest BCUT2D eigenvalue weighted by atomic mass is 9.94. The van der Waals surface area contributed by atoms with Crippen LogP contribution in [0, 0.1) is 0 Å². The van der Waals surface area contributed by atoms with E-state index < -0.39 is 0 Å². The first-order chi connectivity index (χ1) is 47.5. The van der Waals surface area contributed by atoms with Gasteiger partial charge in [-0.3, -0.25) is 8.80 Å². The van der Waals surface area contributed by atoms with Gasteiger partial charge in [-0.2, -0.15) is 0 Å². The Morgan fingerprint density at radius 1 is 0.208 bits per heavy atom. The predicted molar refractivity (Wildman–Crippen MR) is 400 cm³/mol. The second-order valence-corrected chi connectivity index (χ2v) is 25.2. The molecule has 6 aromatic heterocycles. The van der Waals surface area contributed by atoms with Gasteiger partial charge in [-0.25, -0.2) is 9.97 Å². The number of hydrogen-bond donors (Lipinski definition) is 0. The van der Waals surface area contributed by atoms with Crippen molar-refractivity contribution in [2.45, 2.75) is 0 Å². The van der Waals surface area contributed by atoms with E-state index in [0.717, 1.165) is 110 Å². The third kappa shape index (κ3) is 8.59. The lowest BCUT2D eigenvalue weighted by molar-refractivity contribution is 0.668. The Morgan fingerprint density at radius 3 is 1.14 bits per heavy atom. The first-order valence-electron chi connectivity index (χ1n) is 32.7. The fourth-order valence-electron chi connectivity index (χ4n) is 15.1. The van der Waals surface area contributed by atoms with Crippen molar-refractivity contribution in [1.29, 1.82) is 0 Å². The molecule has 0 spiro atoms. The highest BCUT2D eigenvalue weighted by Crippen LogP contribution is 2.43. The largest absolute Gasteiger partial charge is 0.456 e. The van der Waals surface area contributed by atoms with Gasteiger partial charge in [0.1, 0.15) is 33.6 Å². The number of furan rings is 2. The van der Waals surface area contributed by atoms with Crippen LogP contribution in [0.1, 0.15) is 0 Å². The number of imidazole rings is 2. The van der Waals surface area contributed by atoms with Crippen molar-refractivity contribution in [2.75, 3.05) is 0 Å². The smallest absolute Gasteiger partial charge is 0.138 e. The molecular formula is C90H54N4O2. The zero-order valence-electron chi connectivity index (χ0n) is 51.8. The second-order valence-electron chi connectivity index (χ2n) is 25.2. The normalized spacial score (nSPS) is 12.0. The van der Waals surface area contributed by atoms with Crippen molar-refractivity contribution >= 4 is 131 Å². The fourth-order valence-corrected chi connectivity index (χ4v) is 15.1. The highest BCUT2D eigenvalue weighted by molar-refractivity contribution is 6.26. The summed E-state index contributed by atoms with van der Waals surface area (Å²) < 4.78 is 16.7. The minimum Gasteiger partial charge on any atom is -0.456 e. The molecule has 0 saturated heterocycles. The average molecular weight is 1220 g/mol. The van der Waals surface area contributed by atoms with Crippen LogP contribution in [-0.2, 0) is 0 Å². The Bertz CT molecular complexity index is 6760. The van der Waals surface area contributed by atoms with E-state index in [4.69, 9.17) is 18.8 Å². The van der Waals surface area contributed by atoms with E-state index >= 15 is 0 Å². The fraction of sp³-hybridized carbons (Fsp3) is 0. The molecule has 6 heterocycles. The standard InChI is InChI=1S/C47H28N2O.C43H26N2O/c1-2-10-35-30(8-1)9-7-14-36(35)31-18-16-29(17-19-31)32-20-22-40-41(26-32)37-11-3-4-13-39(37)46-47(40)49-25-24-34(28-45(49)48-46)33-21-23-44-42(27-33)38-12-5-6-15-43(38)50-44;1-2-9-27(10-3-1)28-11-8-12-29(23-28)30-17-19-36-37(24-30)33-13-4-5-15-35(33)42-43(36)45-22-21-32(26-41(45)44-42)31-18-20-40-38(25-31)34-14-6-7-16-39(34)46-40/h1-28H;1-26H. The number of para-hydroxylation sites is 2. The molecule has 0 aliphatic carbocycles. The maximum atomic E-state index is 6.09. The van der Waals surface area contributed by atoms with E-state index in [0.29, 0.717) is 0 Å². The van der Waals surface area contributed by atoms with Gasteiger partial charge in [0.25, 0.3) is 0 Å². The number of aromatic nitrogens is 4. The molecular weight excluding hydrogens is 1170 g/mol. The average Bonchev–Trinajstić information content (AvgIpc) is 1.55. The van der Waals surface area contributed by atoms with E-state index in [2.05, 4.69) is 312 Å². The van der Waals surface area contributed by atoms with E-state index in [-0.39, 0.29) is 0 Å². The van der Waals surface area contributed by atoms with E-state index in [1.807, 2.05) is 24.3 Å². The maximum absolute atomic E-state index is 6.09. The van der Waals surface area contributed by atoms with Crippen molar-refractivity contribution < 1.29 is 8.83 Å². The molecule has 0 atom stereocenters. The van der Waals surface area contributed by atoms with Crippen LogP contribution in [0.25, 0.3) is 198 Å². The zero-order valence-corrected chi connectivity index (χ0v) is 51.8. The molecule has 6 heteroatoms. The van der Waals surface area contributed by atoms with Crippen molar-refractivity contribution in [2.24, 2.45) is 0 Å². The molecule has 96 heavy (non-hydrogen) atoms. The van der Waals surface area contributed by atoms with E-state index in [9.17, 15) is 0 Å². The van der Waals surface area contributed by atoms with Crippen LogP contribution in [0.3, 0.4) is 0 Å². The SMILES string of the molecule is c1ccc(-c2cccc(-c3ccc4c(c3)c3ccccc3c3nc5cc(-c6ccc7oc8ccccc8c7c6)ccn5c43)c2)cc1.c1ccc2c(-c3ccc(-c4ccc5c(c4)c4ccccc4c4nc6cc(-c7ccc8oc9ccccc9c8c7)ccn6c54)cc3)cccc2c1. The third-order valence-electron chi connectivity index (χ3n) is 19.8. The molecule has 15 aromatic carbocycles. The van der Waals surface area contributed by atoms with Gasteiger partial charge in [0.2, 0.25) is 0 Å². The molecule has 0 amide bonds. The molecule has 6 nitrogen and oxygen atoms in total. The number of nitrogens with zero attached hydrogens (tertiary/aromatic N) is 4. The monoisotopic (exact) mass is 1220 g/mol. The first-order valence-corrected chi connectivity index (χ1v) is 32.7. The van der Waals surface area contributed by atoms with Crippen molar-refractivity contribution in [3.8, 4) is 66.8 Å². The molecule has 0 N–H and O–H groups in total. The van der Waals surface area contributed by atoms with Gasteiger partial charge in [-0.1, -0.05) is 237 Å². The summed E-state index contributed by atoms with van der Waals surface area (Å²) >= 11 is 0. The van der Waals surface area contributed by atoms with E-state index in [1.54, 1.807) is 0 Å². The summed E-state index contributed by atoms with van der Waals surface area (Å²) in [6.45, 7) is 0. The van der Waals surface area contributed by atoms with Gasteiger partial charge in [-0.05, 0) is 178 Å². The van der Waals surface area contributed by atoms with Crippen LogP contribution in [0.4, 0.5) is 0 Å². The van der Waals surface area contributed by atoms with Gasteiger partial charge >= 0.3 is 0 Å². The number of pyridine rings is 2. The maximum Gasteiger partial charge on any atom is 0.138 e. The predicted octanol–water partition coefficient (Wildman–Crippen LogP) is 24.5. The van der Waals surface area contributed by atoms with Crippen molar-refractivity contribution in [3.63, 3.8) is 0 Å². The lowest BCUT2D eigenvalue weighted by Gasteiger charge is -2.11. The Morgan fingerprint density at radius 2 is 0.573 bits per heavy atom.